The van der Waals surface area contributed by atoms with E-state index in [2.05, 4.69) is 0 Å². The zero-order valence-electron chi connectivity index (χ0n) is 9.39. The SMILES string of the molecule is CCN(CC(F)(F)F)C(=O)c1ccc(F)cc1F. The lowest BCUT2D eigenvalue weighted by Gasteiger charge is -2.22. The number of carbonyl (C=O) groups excluding carboxylic acids is 1. The molecule has 0 heterocycles. The molecule has 1 amide bonds. The van der Waals surface area contributed by atoms with Gasteiger partial charge in [-0.05, 0) is 19.1 Å². The Balaban J connectivity index is 2.97. The predicted octanol–water partition coefficient (Wildman–Crippen LogP) is 2.99. The molecule has 100 valence electrons. The maximum atomic E-state index is 13.3. The molecule has 0 saturated heterocycles. The van der Waals surface area contributed by atoms with Gasteiger partial charge in [0.25, 0.3) is 5.91 Å². The van der Waals surface area contributed by atoms with Crippen LogP contribution in [0.4, 0.5) is 22.0 Å². The Morgan fingerprint density at radius 2 is 1.89 bits per heavy atom. The molecule has 18 heavy (non-hydrogen) atoms. The van der Waals surface area contributed by atoms with Gasteiger partial charge in [0.05, 0.1) is 5.56 Å². The summed E-state index contributed by atoms with van der Waals surface area (Å²) in [6.45, 7) is -0.362. The summed E-state index contributed by atoms with van der Waals surface area (Å²) in [6.07, 6.45) is -4.57. The third-order valence-corrected chi connectivity index (χ3v) is 2.20. The van der Waals surface area contributed by atoms with Gasteiger partial charge >= 0.3 is 6.18 Å². The van der Waals surface area contributed by atoms with Gasteiger partial charge in [-0.25, -0.2) is 8.78 Å². The molecule has 2 nitrogen and oxygen atoms in total. The van der Waals surface area contributed by atoms with Crippen LogP contribution in [-0.4, -0.2) is 30.1 Å². The maximum Gasteiger partial charge on any atom is 0.406 e. The van der Waals surface area contributed by atoms with Gasteiger partial charge in [0, 0.05) is 12.6 Å². The summed E-state index contributed by atoms with van der Waals surface area (Å²) < 4.78 is 62.4. The Bertz CT molecular complexity index is 444. The van der Waals surface area contributed by atoms with Crippen molar-refractivity contribution < 1.29 is 26.7 Å². The van der Waals surface area contributed by atoms with Gasteiger partial charge in [-0.15, -0.1) is 0 Å². The maximum absolute atomic E-state index is 13.3. The van der Waals surface area contributed by atoms with Crippen LogP contribution in [0, 0.1) is 11.6 Å². The Morgan fingerprint density at radius 1 is 1.28 bits per heavy atom. The lowest BCUT2D eigenvalue weighted by atomic mass is 10.2. The number of alkyl halides is 3. The molecule has 0 bridgehead atoms. The molecule has 1 aromatic carbocycles. The van der Waals surface area contributed by atoms with Gasteiger partial charge < -0.3 is 4.90 Å². The largest absolute Gasteiger partial charge is 0.406 e. The van der Waals surface area contributed by atoms with E-state index >= 15 is 0 Å². The normalized spacial score (nSPS) is 11.4. The molecule has 0 N–H and O–H groups in total. The van der Waals surface area contributed by atoms with Crippen LogP contribution in [0.1, 0.15) is 17.3 Å². The average molecular weight is 267 g/mol. The Kier molecular flexibility index (Phi) is 4.26. The monoisotopic (exact) mass is 267 g/mol. The minimum Gasteiger partial charge on any atom is -0.330 e. The molecule has 0 aliphatic rings. The molecule has 1 rings (SSSR count). The van der Waals surface area contributed by atoms with Crippen molar-refractivity contribution in [3.8, 4) is 0 Å². The first-order valence-corrected chi connectivity index (χ1v) is 5.05. The van der Waals surface area contributed by atoms with Crippen LogP contribution < -0.4 is 0 Å². The molecule has 0 aromatic heterocycles. The van der Waals surface area contributed by atoms with Gasteiger partial charge in [-0.2, -0.15) is 13.2 Å². The molecule has 0 spiro atoms. The molecule has 0 aliphatic carbocycles. The molecule has 0 unspecified atom stereocenters. The molecular weight excluding hydrogens is 257 g/mol. The number of benzene rings is 1. The van der Waals surface area contributed by atoms with Gasteiger partial charge in [0.15, 0.2) is 0 Å². The highest BCUT2D eigenvalue weighted by molar-refractivity contribution is 5.94. The van der Waals surface area contributed by atoms with Gasteiger partial charge in [-0.1, -0.05) is 0 Å². The van der Waals surface area contributed by atoms with E-state index in [9.17, 15) is 26.7 Å². The van der Waals surface area contributed by atoms with Crippen molar-refractivity contribution in [3.05, 3.63) is 35.4 Å². The zero-order chi connectivity index (χ0) is 13.9. The number of amides is 1. The third-order valence-electron chi connectivity index (χ3n) is 2.20. The summed E-state index contributed by atoms with van der Waals surface area (Å²) in [5, 5.41) is 0. The lowest BCUT2D eigenvalue weighted by molar-refractivity contribution is -0.140. The quantitative estimate of drug-likeness (QED) is 0.771. The molecule has 0 fully saturated rings. The minimum atomic E-state index is -4.57. The van der Waals surface area contributed by atoms with E-state index in [0.29, 0.717) is 11.0 Å². The second-order valence-electron chi connectivity index (χ2n) is 3.56. The van der Waals surface area contributed by atoms with Crippen molar-refractivity contribution >= 4 is 5.91 Å². The van der Waals surface area contributed by atoms with Crippen LogP contribution in [-0.2, 0) is 0 Å². The van der Waals surface area contributed by atoms with E-state index in [1.807, 2.05) is 0 Å². The molecule has 0 aliphatic heterocycles. The first-order chi connectivity index (χ1) is 8.24. The predicted molar refractivity (Wildman–Crippen MR) is 54.0 cm³/mol. The summed E-state index contributed by atoms with van der Waals surface area (Å²) in [6, 6.07) is 2.10. The highest BCUT2D eigenvalue weighted by atomic mass is 19.4. The van der Waals surface area contributed by atoms with Gasteiger partial charge in [0.1, 0.15) is 18.2 Å². The molecule has 0 saturated carbocycles. The van der Waals surface area contributed by atoms with Crippen molar-refractivity contribution in [2.45, 2.75) is 13.1 Å². The van der Waals surface area contributed by atoms with Crippen LogP contribution in [0.3, 0.4) is 0 Å². The van der Waals surface area contributed by atoms with Crippen molar-refractivity contribution in [1.82, 2.24) is 4.90 Å². The second-order valence-corrected chi connectivity index (χ2v) is 3.56. The van der Waals surface area contributed by atoms with Crippen LogP contribution in [0.25, 0.3) is 0 Å². The Labute approximate surface area is 100 Å². The van der Waals surface area contributed by atoms with Crippen LogP contribution >= 0.6 is 0 Å². The first kappa shape index (κ1) is 14.4. The summed E-state index contributed by atoms with van der Waals surface area (Å²) in [7, 11) is 0. The molecule has 1 aromatic rings. The molecule has 7 heteroatoms. The van der Waals surface area contributed by atoms with Crippen LogP contribution in [0.5, 0.6) is 0 Å². The van der Waals surface area contributed by atoms with E-state index in [-0.39, 0.29) is 6.54 Å². The Hall–Kier alpha value is -1.66. The number of hydrogen-bond acceptors (Lipinski definition) is 1. The number of hydrogen-bond donors (Lipinski definition) is 0. The van der Waals surface area contributed by atoms with E-state index in [0.717, 1.165) is 12.1 Å². The molecular formula is C11H10F5NO. The third kappa shape index (κ3) is 3.68. The second kappa shape index (κ2) is 5.32. The van der Waals surface area contributed by atoms with E-state index in [1.165, 1.54) is 6.92 Å². The summed E-state index contributed by atoms with van der Waals surface area (Å²) >= 11 is 0. The minimum absolute atomic E-state index is 0.227. The fourth-order valence-electron chi connectivity index (χ4n) is 1.38. The molecule has 0 radical (unpaired) electrons. The zero-order valence-corrected chi connectivity index (χ0v) is 9.39. The Morgan fingerprint density at radius 3 is 2.33 bits per heavy atom. The van der Waals surface area contributed by atoms with E-state index in [4.69, 9.17) is 0 Å². The summed E-state index contributed by atoms with van der Waals surface area (Å²) in [4.78, 5) is 12.1. The highest BCUT2D eigenvalue weighted by Gasteiger charge is 2.33. The van der Waals surface area contributed by atoms with Crippen LogP contribution in [0.2, 0.25) is 0 Å². The van der Waals surface area contributed by atoms with Crippen molar-refractivity contribution in [1.29, 1.82) is 0 Å². The highest BCUT2D eigenvalue weighted by Crippen LogP contribution is 2.19. The first-order valence-electron chi connectivity index (χ1n) is 5.05. The number of carbonyl (C=O) groups is 1. The molecule has 0 atom stereocenters. The van der Waals surface area contributed by atoms with Gasteiger partial charge in [0.2, 0.25) is 0 Å². The standard InChI is InChI=1S/C11H10F5NO/c1-2-17(6-11(14,15)16)10(18)8-4-3-7(12)5-9(8)13/h3-5H,2,6H2,1H3. The van der Waals surface area contributed by atoms with Crippen molar-refractivity contribution in [3.63, 3.8) is 0 Å². The topological polar surface area (TPSA) is 20.3 Å². The van der Waals surface area contributed by atoms with Crippen LogP contribution in [0.15, 0.2) is 18.2 Å². The number of nitrogens with zero attached hydrogens (tertiary/aromatic N) is 1. The number of halogens is 5. The average Bonchev–Trinajstić information content (AvgIpc) is 2.24. The number of rotatable bonds is 3. The summed E-state index contributed by atoms with van der Waals surface area (Å²) in [5.41, 5.74) is -0.581. The smallest absolute Gasteiger partial charge is 0.330 e. The fourth-order valence-corrected chi connectivity index (χ4v) is 1.38. The van der Waals surface area contributed by atoms with Crippen molar-refractivity contribution in [2.24, 2.45) is 0 Å². The van der Waals surface area contributed by atoms with Crippen molar-refractivity contribution in [2.75, 3.05) is 13.1 Å². The summed E-state index contributed by atoms with van der Waals surface area (Å²) in [5.74, 6) is -3.20. The van der Waals surface area contributed by atoms with E-state index < -0.39 is 35.8 Å². The van der Waals surface area contributed by atoms with E-state index in [1.54, 1.807) is 0 Å². The fraction of sp³-hybridized carbons (Fsp3) is 0.364. The lowest BCUT2D eigenvalue weighted by Crippen LogP contribution is -2.39. The van der Waals surface area contributed by atoms with Gasteiger partial charge in [-0.3, -0.25) is 4.79 Å².